The van der Waals surface area contributed by atoms with Gasteiger partial charge in [-0.15, -0.1) is 5.10 Å². The van der Waals surface area contributed by atoms with Crippen molar-refractivity contribution in [1.29, 1.82) is 0 Å². The van der Waals surface area contributed by atoms with Crippen molar-refractivity contribution in [2.24, 2.45) is 0 Å². The van der Waals surface area contributed by atoms with Crippen LogP contribution in [0.3, 0.4) is 0 Å². The summed E-state index contributed by atoms with van der Waals surface area (Å²) in [6.07, 6.45) is 3.86. The SMILES string of the molecule is CCOC(=O)CCCCc1ccc(C#Cc2ccc3c(c2)C(C)(C)CC(C)(C)O3)nn1. The predicted octanol–water partition coefficient (Wildman–Crippen LogP) is 4.99. The van der Waals surface area contributed by atoms with Gasteiger partial charge in [0.05, 0.1) is 12.3 Å². The first-order valence-corrected chi connectivity index (χ1v) is 11.0. The highest BCUT2D eigenvalue weighted by Crippen LogP contribution is 2.44. The molecule has 0 amide bonds. The minimum absolute atomic E-state index is 0.0313. The molecule has 0 spiro atoms. The minimum atomic E-state index is -0.167. The van der Waals surface area contributed by atoms with E-state index in [4.69, 9.17) is 9.47 Å². The van der Waals surface area contributed by atoms with Crippen LogP contribution in [0.15, 0.2) is 30.3 Å². The maximum atomic E-state index is 11.4. The van der Waals surface area contributed by atoms with E-state index in [9.17, 15) is 4.79 Å². The number of rotatable bonds is 6. The van der Waals surface area contributed by atoms with Crippen LogP contribution in [0.25, 0.3) is 0 Å². The van der Waals surface area contributed by atoms with Crippen LogP contribution in [0.1, 0.15) is 82.8 Å². The van der Waals surface area contributed by atoms with Gasteiger partial charge in [0.25, 0.3) is 0 Å². The molecule has 2 heterocycles. The lowest BCUT2D eigenvalue weighted by molar-refractivity contribution is -0.143. The molecule has 1 aliphatic rings. The highest BCUT2D eigenvalue weighted by molar-refractivity contribution is 5.69. The Morgan fingerprint density at radius 3 is 2.61 bits per heavy atom. The van der Waals surface area contributed by atoms with Crippen molar-refractivity contribution in [3.05, 3.63) is 52.8 Å². The molecule has 0 saturated heterocycles. The van der Waals surface area contributed by atoms with E-state index in [1.807, 2.05) is 31.2 Å². The lowest BCUT2D eigenvalue weighted by Crippen LogP contribution is -2.41. The van der Waals surface area contributed by atoms with E-state index in [1.165, 1.54) is 5.56 Å². The highest BCUT2D eigenvalue weighted by Gasteiger charge is 2.38. The number of nitrogens with zero attached hydrogens (tertiary/aromatic N) is 2. The van der Waals surface area contributed by atoms with Crippen LogP contribution >= 0.6 is 0 Å². The molecular formula is C26H32N2O3. The first-order valence-electron chi connectivity index (χ1n) is 11.0. The van der Waals surface area contributed by atoms with Crippen molar-refractivity contribution in [3.63, 3.8) is 0 Å². The van der Waals surface area contributed by atoms with Crippen molar-refractivity contribution in [2.75, 3.05) is 6.61 Å². The first kappa shape index (κ1) is 22.8. The number of carbonyl (C=O) groups excluding carboxylic acids is 1. The summed E-state index contributed by atoms with van der Waals surface area (Å²) in [6.45, 7) is 11.0. The van der Waals surface area contributed by atoms with Crippen molar-refractivity contribution < 1.29 is 14.3 Å². The summed E-state index contributed by atoms with van der Waals surface area (Å²) < 4.78 is 11.1. The summed E-state index contributed by atoms with van der Waals surface area (Å²) in [7, 11) is 0. The molecule has 1 aromatic heterocycles. The molecule has 1 aromatic carbocycles. The number of hydrogen-bond donors (Lipinski definition) is 0. The molecule has 1 aliphatic heterocycles. The zero-order valence-corrected chi connectivity index (χ0v) is 19.2. The molecule has 0 radical (unpaired) electrons. The monoisotopic (exact) mass is 420 g/mol. The molecule has 3 rings (SSSR count). The van der Waals surface area contributed by atoms with Crippen LogP contribution in [-0.2, 0) is 21.4 Å². The number of aromatic nitrogens is 2. The summed E-state index contributed by atoms with van der Waals surface area (Å²) in [5.41, 5.74) is 3.56. The Morgan fingerprint density at radius 2 is 1.90 bits per heavy atom. The third-order valence-corrected chi connectivity index (χ3v) is 5.39. The molecule has 5 heteroatoms. The Morgan fingerprint density at radius 1 is 1.10 bits per heavy atom. The second kappa shape index (κ2) is 9.51. The van der Waals surface area contributed by atoms with Crippen molar-refractivity contribution in [2.45, 2.75) is 77.7 Å². The third-order valence-electron chi connectivity index (χ3n) is 5.39. The Balaban J connectivity index is 1.61. The summed E-state index contributed by atoms with van der Waals surface area (Å²) in [5, 5.41) is 8.50. The molecular weight excluding hydrogens is 388 g/mol. The first-order chi connectivity index (χ1) is 14.7. The average molecular weight is 421 g/mol. The maximum absolute atomic E-state index is 11.4. The normalized spacial score (nSPS) is 15.8. The van der Waals surface area contributed by atoms with E-state index in [-0.39, 0.29) is 17.0 Å². The molecule has 0 saturated carbocycles. The smallest absolute Gasteiger partial charge is 0.305 e. The lowest BCUT2D eigenvalue weighted by Gasteiger charge is -2.42. The highest BCUT2D eigenvalue weighted by atomic mass is 16.5. The number of unbranched alkanes of at least 4 members (excludes halogenated alkanes) is 1. The Labute approximate surface area is 185 Å². The number of esters is 1. The van der Waals surface area contributed by atoms with Crippen LogP contribution in [-0.4, -0.2) is 28.4 Å². The largest absolute Gasteiger partial charge is 0.488 e. The van der Waals surface area contributed by atoms with Gasteiger partial charge in [0.1, 0.15) is 17.0 Å². The summed E-state index contributed by atoms with van der Waals surface area (Å²) in [5.74, 6) is 7.12. The molecule has 2 aromatic rings. The zero-order valence-electron chi connectivity index (χ0n) is 19.2. The van der Waals surface area contributed by atoms with Crippen LogP contribution in [0.4, 0.5) is 0 Å². The summed E-state index contributed by atoms with van der Waals surface area (Å²) in [6, 6.07) is 9.99. The van der Waals surface area contributed by atoms with Crippen LogP contribution in [0, 0.1) is 11.8 Å². The van der Waals surface area contributed by atoms with Gasteiger partial charge in [-0.1, -0.05) is 19.8 Å². The third kappa shape index (κ3) is 6.30. The van der Waals surface area contributed by atoms with Gasteiger partial charge in [0.15, 0.2) is 0 Å². The zero-order chi connectivity index (χ0) is 22.5. The van der Waals surface area contributed by atoms with Gasteiger partial charge in [-0.2, -0.15) is 5.10 Å². The molecule has 0 unspecified atom stereocenters. The molecule has 0 N–H and O–H groups in total. The number of benzene rings is 1. The van der Waals surface area contributed by atoms with Crippen molar-refractivity contribution >= 4 is 5.97 Å². The second-order valence-electron chi connectivity index (χ2n) is 9.31. The van der Waals surface area contributed by atoms with Gasteiger partial charge in [-0.05, 0) is 88.1 Å². The Kier molecular flexibility index (Phi) is 7.00. The van der Waals surface area contributed by atoms with Crippen molar-refractivity contribution in [1.82, 2.24) is 10.2 Å². The predicted molar refractivity (Wildman–Crippen MR) is 121 cm³/mol. The van der Waals surface area contributed by atoms with Crippen LogP contribution in [0.5, 0.6) is 5.75 Å². The van der Waals surface area contributed by atoms with Gasteiger partial charge in [-0.25, -0.2) is 0 Å². The van der Waals surface area contributed by atoms with E-state index in [2.05, 4.69) is 55.8 Å². The summed E-state index contributed by atoms with van der Waals surface area (Å²) in [4.78, 5) is 11.4. The number of aryl methyl sites for hydroxylation is 1. The number of ether oxygens (including phenoxy) is 2. The molecule has 31 heavy (non-hydrogen) atoms. The van der Waals surface area contributed by atoms with Gasteiger partial charge < -0.3 is 9.47 Å². The molecule has 164 valence electrons. The molecule has 0 bridgehead atoms. The molecule has 5 nitrogen and oxygen atoms in total. The van der Waals surface area contributed by atoms with Crippen LogP contribution < -0.4 is 4.74 Å². The lowest BCUT2D eigenvalue weighted by atomic mass is 9.73. The Bertz CT molecular complexity index is 982. The van der Waals surface area contributed by atoms with E-state index in [0.717, 1.165) is 42.7 Å². The van der Waals surface area contributed by atoms with Crippen molar-refractivity contribution in [3.8, 4) is 17.6 Å². The fourth-order valence-corrected chi connectivity index (χ4v) is 4.22. The molecule has 0 fully saturated rings. The van der Waals surface area contributed by atoms with Crippen LogP contribution in [0.2, 0.25) is 0 Å². The number of fused-ring (bicyclic) bond motifs is 1. The second-order valence-corrected chi connectivity index (χ2v) is 9.31. The quantitative estimate of drug-likeness (QED) is 0.374. The standard InChI is InChI=1S/C26H32N2O3/c1-6-30-24(29)10-8-7-9-20-14-15-21(28-27-20)13-11-19-12-16-23-22(17-19)25(2,3)18-26(4,5)31-23/h12,14-17H,6-10,18H2,1-5H3. The molecule has 0 aliphatic carbocycles. The van der Waals surface area contributed by atoms with E-state index < -0.39 is 0 Å². The van der Waals surface area contributed by atoms with Gasteiger partial charge in [0, 0.05) is 17.5 Å². The fraction of sp³-hybridized carbons (Fsp3) is 0.500. The van der Waals surface area contributed by atoms with E-state index >= 15 is 0 Å². The van der Waals surface area contributed by atoms with Gasteiger partial charge >= 0.3 is 5.97 Å². The van der Waals surface area contributed by atoms with E-state index in [0.29, 0.717) is 18.7 Å². The summed E-state index contributed by atoms with van der Waals surface area (Å²) >= 11 is 0. The Hall–Kier alpha value is -2.87. The number of carbonyl (C=O) groups is 1. The fourth-order valence-electron chi connectivity index (χ4n) is 4.22. The van der Waals surface area contributed by atoms with E-state index in [1.54, 1.807) is 0 Å². The molecule has 0 atom stereocenters. The maximum Gasteiger partial charge on any atom is 0.305 e. The van der Waals surface area contributed by atoms with Gasteiger partial charge in [0.2, 0.25) is 0 Å². The topological polar surface area (TPSA) is 61.3 Å². The minimum Gasteiger partial charge on any atom is -0.488 e. The number of hydrogen-bond acceptors (Lipinski definition) is 5. The van der Waals surface area contributed by atoms with Gasteiger partial charge in [-0.3, -0.25) is 4.79 Å². The average Bonchev–Trinajstić information content (AvgIpc) is 2.70.